The summed E-state index contributed by atoms with van der Waals surface area (Å²) in [7, 11) is -1.51. The highest BCUT2D eigenvalue weighted by Crippen LogP contribution is 2.43. The third kappa shape index (κ3) is 5.88. The van der Waals surface area contributed by atoms with Crippen molar-refractivity contribution in [2.24, 2.45) is 5.92 Å². The maximum absolute atomic E-state index is 13.8. The van der Waals surface area contributed by atoms with Gasteiger partial charge < -0.3 is 4.90 Å². The van der Waals surface area contributed by atoms with Gasteiger partial charge in [-0.3, -0.25) is 9.69 Å². The van der Waals surface area contributed by atoms with Gasteiger partial charge in [0, 0.05) is 45.7 Å². The molecule has 238 valence electrons. The zero-order chi connectivity index (χ0) is 31.4. The van der Waals surface area contributed by atoms with E-state index in [4.69, 9.17) is 5.10 Å². The average Bonchev–Trinajstić information content (AvgIpc) is 3.58. The van der Waals surface area contributed by atoms with Gasteiger partial charge in [-0.1, -0.05) is 6.42 Å². The van der Waals surface area contributed by atoms with E-state index in [0.29, 0.717) is 49.5 Å². The number of nitrogens with one attached hydrogen (secondary N) is 1. The smallest absolute Gasteiger partial charge is 0.371 e. The lowest BCUT2D eigenvalue weighted by Gasteiger charge is -2.38. The van der Waals surface area contributed by atoms with Gasteiger partial charge in [-0.2, -0.15) is 31.0 Å². The summed E-state index contributed by atoms with van der Waals surface area (Å²) in [6.07, 6.45) is 0.0758. The molecule has 1 atom stereocenters. The van der Waals surface area contributed by atoms with Crippen LogP contribution in [0.5, 0.6) is 0 Å². The molecule has 0 spiro atoms. The summed E-state index contributed by atoms with van der Waals surface area (Å²) >= 11 is 0. The Morgan fingerprint density at radius 1 is 1.02 bits per heavy atom. The Kier molecular flexibility index (Phi) is 8.07. The van der Waals surface area contributed by atoms with Gasteiger partial charge in [0.15, 0.2) is 5.65 Å². The minimum absolute atomic E-state index is 0.00854. The number of rotatable bonds is 7. The molecule has 3 fully saturated rings. The number of piperidine rings is 1. The molecule has 1 amide bonds. The standard InChI is InChI=1S/C29H35F4N7O3S/c1-37(2)44(42,43)36-28(41)23-16-24(38-14-11-21(12-15-38)39-13-10-19(17-39)29(31,32)33)25-26(18-4-3-5-18)35-40(27(25)34-23)22-8-6-20(30)7-9-22/h6-9,16,18-19,21H,3-5,10-15,17H2,1-2H3,(H,36,41). The molecule has 1 aromatic carbocycles. The van der Waals surface area contributed by atoms with Crippen molar-refractivity contribution in [1.82, 2.24) is 28.7 Å². The van der Waals surface area contributed by atoms with E-state index in [-0.39, 0.29) is 30.6 Å². The van der Waals surface area contributed by atoms with Crippen LogP contribution in [0.2, 0.25) is 0 Å². The maximum atomic E-state index is 13.8. The summed E-state index contributed by atoms with van der Waals surface area (Å²) < 4.78 is 83.3. The van der Waals surface area contributed by atoms with E-state index in [9.17, 15) is 30.8 Å². The second-order valence-corrected chi connectivity index (χ2v) is 14.0. The number of pyridine rings is 1. The zero-order valence-electron chi connectivity index (χ0n) is 24.5. The fraction of sp³-hybridized carbons (Fsp3) is 0.552. The Hall–Kier alpha value is -3.30. The number of hydrogen-bond donors (Lipinski definition) is 1. The molecule has 10 nitrogen and oxygen atoms in total. The first kappa shape index (κ1) is 30.7. The molecule has 2 saturated heterocycles. The molecular formula is C29H35F4N7O3S. The first-order chi connectivity index (χ1) is 20.8. The Morgan fingerprint density at radius 2 is 1.70 bits per heavy atom. The van der Waals surface area contributed by atoms with Crippen molar-refractivity contribution in [3.8, 4) is 5.69 Å². The van der Waals surface area contributed by atoms with Crippen LogP contribution < -0.4 is 9.62 Å². The SMILES string of the molecule is CN(C)S(=O)(=O)NC(=O)c1cc(N2CCC(N3CCC(C(F)(F)F)C3)CC2)c2c(C3CCC3)nn(-c3ccc(F)cc3)c2n1. The number of likely N-dealkylation sites (tertiary alicyclic amines) is 1. The summed E-state index contributed by atoms with van der Waals surface area (Å²) in [5, 5.41) is 5.65. The predicted molar refractivity (Wildman–Crippen MR) is 156 cm³/mol. The molecule has 4 heterocycles. The van der Waals surface area contributed by atoms with Gasteiger partial charge in [0.25, 0.3) is 5.91 Å². The van der Waals surface area contributed by atoms with Crippen LogP contribution in [-0.2, 0) is 10.2 Å². The van der Waals surface area contributed by atoms with Gasteiger partial charge in [0.2, 0.25) is 0 Å². The van der Waals surface area contributed by atoms with Crippen LogP contribution in [0.3, 0.4) is 0 Å². The quantitative estimate of drug-likeness (QED) is 0.387. The molecule has 1 aliphatic carbocycles. The Balaban J connectivity index is 1.39. The minimum atomic E-state index is -4.20. The van der Waals surface area contributed by atoms with E-state index in [1.807, 2.05) is 9.62 Å². The number of benzene rings is 1. The lowest BCUT2D eigenvalue weighted by atomic mass is 9.82. The van der Waals surface area contributed by atoms with Crippen molar-refractivity contribution in [3.05, 3.63) is 47.5 Å². The largest absolute Gasteiger partial charge is 0.393 e. The molecular weight excluding hydrogens is 602 g/mol. The van der Waals surface area contributed by atoms with E-state index >= 15 is 0 Å². The van der Waals surface area contributed by atoms with E-state index in [1.165, 1.54) is 26.2 Å². The Bertz CT molecular complexity index is 1650. The highest BCUT2D eigenvalue weighted by molar-refractivity contribution is 7.87. The zero-order valence-corrected chi connectivity index (χ0v) is 25.3. The lowest BCUT2D eigenvalue weighted by Crippen LogP contribution is -2.45. The summed E-state index contributed by atoms with van der Waals surface area (Å²) in [5.74, 6) is -2.48. The maximum Gasteiger partial charge on any atom is 0.393 e. The van der Waals surface area contributed by atoms with E-state index in [0.717, 1.165) is 34.6 Å². The van der Waals surface area contributed by atoms with Crippen molar-refractivity contribution < 1.29 is 30.8 Å². The highest BCUT2D eigenvalue weighted by Gasteiger charge is 2.45. The van der Waals surface area contributed by atoms with Crippen LogP contribution in [-0.4, -0.2) is 90.8 Å². The van der Waals surface area contributed by atoms with Gasteiger partial charge in [-0.05, 0) is 69.0 Å². The molecule has 0 radical (unpaired) electrons. The first-order valence-electron chi connectivity index (χ1n) is 14.8. The fourth-order valence-electron chi connectivity index (χ4n) is 6.34. The summed E-state index contributed by atoms with van der Waals surface area (Å²) in [6, 6.07) is 7.33. The number of aromatic nitrogens is 3. The number of halogens is 4. The number of amides is 1. The Morgan fingerprint density at radius 3 is 2.27 bits per heavy atom. The van der Waals surface area contributed by atoms with Gasteiger partial charge in [-0.15, -0.1) is 0 Å². The third-order valence-electron chi connectivity index (χ3n) is 9.15. The number of nitrogens with zero attached hydrogens (tertiary/aromatic N) is 6. The summed E-state index contributed by atoms with van der Waals surface area (Å²) in [6.45, 7) is 1.48. The molecule has 15 heteroatoms. The lowest BCUT2D eigenvalue weighted by molar-refractivity contribution is -0.171. The second kappa shape index (κ2) is 11.6. The summed E-state index contributed by atoms with van der Waals surface area (Å²) in [4.78, 5) is 22.0. The van der Waals surface area contributed by atoms with Crippen LogP contribution in [0.4, 0.5) is 23.2 Å². The monoisotopic (exact) mass is 637 g/mol. The normalized spacial score (nSPS) is 20.9. The number of hydrogen-bond acceptors (Lipinski definition) is 7. The molecule has 3 aromatic rings. The molecule has 2 aromatic heterocycles. The van der Waals surface area contributed by atoms with Crippen LogP contribution in [0.1, 0.15) is 60.6 Å². The van der Waals surface area contributed by atoms with Crippen molar-refractivity contribution in [3.63, 3.8) is 0 Å². The second-order valence-electron chi connectivity index (χ2n) is 12.1. The van der Waals surface area contributed by atoms with Crippen LogP contribution in [0.25, 0.3) is 16.7 Å². The van der Waals surface area contributed by atoms with E-state index in [2.05, 4.69) is 9.88 Å². The Labute approximate surface area is 253 Å². The third-order valence-corrected chi connectivity index (χ3v) is 10.6. The predicted octanol–water partition coefficient (Wildman–Crippen LogP) is 4.22. The molecule has 1 unspecified atom stereocenters. The molecule has 1 N–H and O–H groups in total. The van der Waals surface area contributed by atoms with Crippen LogP contribution in [0.15, 0.2) is 30.3 Å². The highest BCUT2D eigenvalue weighted by atomic mass is 32.2. The van der Waals surface area contributed by atoms with Crippen molar-refractivity contribution in [2.75, 3.05) is 45.2 Å². The average molecular weight is 638 g/mol. The van der Waals surface area contributed by atoms with Gasteiger partial charge in [0.05, 0.1) is 28.4 Å². The number of fused-ring (bicyclic) bond motifs is 1. The number of alkyl halides is 3. The molecule has 3 aliphatic rings. The van der Waals surface area contributed by atoms with Gasteiger partial charge in [-0.25, -0.2) is 18.8 Å². The van der Waals surface area contributed by atoms with Crippen molar-refractivity contribution in [1.29, 1.82) is 0 Å². The number of carbonyl (C=O) groups excluding carboxylic acids is 1. The number of carbonyl (C=O) groups is 1. The van der Waals surface area contributed by atoms with E-state index < -0.39 is 34.0 Å². The summed E-state index contributed by atoms with van der Waals surface area (Å²) in [5.41, 5.74) is 2.23. The molecule has 0 bridgehead atoms. The number of anilines is 1. The van der Waals surface area contributed by atoms with Crippen molar-refractivity contribution in [2.45, 2.75) is 56.7 Å². The minimum Gasteiger partial charge on any atom is -0.371 e. The first-order valence-corrected chi connectivity index (χ1v) is 16.3. The van der Waals surface area contributed by atoms with E-state index in [1.54, 1.807) is 22.9 Å². The molecule has 2 aliphatic heterocycles. The molecule has 6 rings (SSSR count). The van der Waals surface area contributed by atoms with Gasteiger partial charge in [0.1, 0.15) is 11.5 Å². The fourth-order valence-corrected chi connectivity index (χ4v) is 6.86. The van der Waals surface area contributed by atoms with Crippen LogP contribution in [0, 0.1) is 11.7 Å². The van der Waals surface area contributed by atoms with Crippen molar-refractivity contribution >= 4 is 32.8 Å². The van der Waals surface area contributed by atoms with Crippen LogP contribution >= 0.6 is 0 Å². The molecule has 1 saturated carbocycles. The molecule has 44 heavy (non-hydrogen) atoms. The topological polar surface area (TPSA) is 104 Å². The van der Waals surface area contributed by atoms with Gasteiger partial charge >= 0.3 is 16.4 Å².